The van der Waals surface area contributed by atoms with Gasteiger partial charge >= 0.3 is 0 Å². The van der Waals surface area contributed by atoms with Crippen LogP contribution in [0.4, 0.5) is 0 Å². The van der Waals surface area contributed by atoms with Crippen LogP contribution in [-0.4, -0.2) is 0 Å². The summed E-state index contributed by atoms with van der Waals surface area (Å²) in [7, 11) is 0. The van der Waals surface area contributed by atoms with E-state index in [0.29, 0.717) is 0 Å². The van der Waals surface area contributed by atoms with E-state index < -0.39 is 0 Å². The molecule has 0 N–H and O–H groups in total. The van der Waals surface area contributed by atoms with Crippen LogP contribution >= 0.6 is 0 Å². The Kier molecular flexibility index (Phi) is 10.1. The molecule has 0 nitrogen and oxygen atoms in total. The Balaban J connectivity index is 3.17. The lowest BCUT2D eigenvalue weighted by Gasteiger charge is -2.04. The highest BCUT2D eigenvalue weighted by atomic mass is 14.0. The molecule has 15 heavy (non-hydrogen) atoms. The molecule has 0 fully saturated rings. The second-order valence-electron chi connectivity index (χ2n) is 5.24. The van der Waals surface area contributed by atoms with Crippen LogP contribution in [0.1, 0.15) is 72.6 Å². The Morgan fingerprint density at radius 3 is 2.13 bits per heavy atom. The van der Waals surface area contributed by atoms with E-state index in [9.17, 15) is 0 Å². The van der Waals surface area contributed by atoms with Crippen LogP contribution in [0.5, 0.6) is 0 Å². The van der Waals surface area contributed by atoms with Crippen molar-refractivity contribution in [2.24, 2.45) is 11.8 Å². The van der Waals surface area contributed by atoms with Gasteiger partial charge in [-0.2, -0.15) is 0 Å². The third-order valence-corrected chi connectivity index (χ3v) is 3.09. The van der Waals surface area contributed by atoms with Gasteiger partial charge in [-0.1, -0.05) is 59.1 Å². The molecule has 90 valence electrons. The van der Waals surface area contributed by atoms with Crippen molar-refractivity contribution >= 4 is 0 Å². The van der Waals surface area contributed by atoms with Crippen molar-refractivity contribution in [1.82, 2.24) is 0 Å². The molecule has 0 aliphatic heterocycles. The van der Waals surface area contributed by atoms with Gasteiger partial charge in [-0.25, -0.2) is 0 Å². The highest BCUT2D eigenvalue weighted by molar-refractivity contribution is 4.81. The molecular formula is C15H30. The molecule has 0 amide bonds. The van der Waals surface area contributed by atoms with E-state index in [1.165, 1.54) is 44.9 Å². The maximum atomic E-state index is 2.38. The lowest BCUT2D eigenvalue weighted by Crippen LogP contribution is -1.89. The maximum absolute atomic E-state index is 2.38. The summed E-state index contributed by atoms with van der Waals surface area (Å²) in [4.78, 5) is 0. The Hall–Kier alpha value is -0.260. The average molecular weight is 210 g/mol. The van der Waals surface area contributed by atoms with Crippen molar-refractivity contribution in [2.75, 3.05) is 0 Å². The van der Waals surface area contributed by atoms with E-state index in [0.717, 1.165) is 11.8 Å². The fourth-order valence-corrected chi connectivity index (χ4v) is 1.64. The summed E-state index contributed by atoms with van der Waals surface area (Å²) >= 11 is 0. The summed E-state index contributed by atoms with van der Waals surface area (Å²) in [6, 6.07) is 0. The Bertz CT molecular complexity index is 144. The van der Waals surface area contributed by atoms with Gasteiger partial charge in [0.25, 0.3) is 0 Å². The number of allylic oxidation sites excluding steroid dienone is 2. The summed E-state index contributed by atoms with van der Waals surface area (Å²) in [5, 5.41) is 0. The molecule has 0 aromatic heterocycles. The van der Waals surface area contributed by atoms with Crippen molar-refractivity contribution in [1.29, 1.82) is 0 Å². The van der Waals surface area contributed by atoms with Gasteiger partial charge in [0, 0.05) is 0 Å². The van der Waals surface area contributed by atoms with E-state index in [1.807, 2.05) is 0 Å². The van der Waals surface area contributed by atoms with Gasteiger partial charge in [0.2, 0.25) is 0 Å². The molecule has 0 spiro atoms. The van der Waals surface area contributed by atoms with E-state index in [1.54, 1.807) is 0 Å². The van der Waals surface area contributed by atoms with Crippen LogP contribution in [-0.2, 0) is 0 Å². The maximum Gasteiger partial charge on any atom is -0.0348 e. The molecule has 0 aliphatic rings. The molecule has 0 rings (SSSR count). The van der Waals surface area contributed by atoms with E-state index in [4.69, 9.17) is 0 Å². The molecule has 0 aromatic carbocycles. The number of unbranched alkanes of at least 4 members (excludes halogenated alkanes) is 2. The lowest BCUT2D eigenvalue weighted by atomic mass is 10.0. The van der Waals surface area contributed by atoms with Crippen molar-refractivity contribution in [3.8, 4) is 0 Å². The quantitative estimate of drug-likeness (QED) is 0.344. The first-order valence-corrected chi connectivity index (χ1v) is 6.81. The zero-order chi connectivity index (χ0) is 11.5. The van der Waals surface area contributed by atoms with Gasteiger partial charge in [-0.05, 0) is 37.5 Å². The predicted molar refractivity (Wildman–Crippen MR) is 71.1 cm³/mol. The molecule has 0 heterocycles. The second kappa shape index (κ2) is 10.3. The van der Waals surface area contributed by atoms with Crippen LogP contribution in [0.15, 0.2) is 12.2 Å². The SMILES string of the molecule is CCC(C)CCC=CCCCCC(C)C. The zero-order valence-corrected chi connectivity index (χ0v) is 11.3. The van der Waals surface area contributed by atoms with Crippen molar-refractivity contribution in [3.05, 3.63) is 12.2 Å². The third-order valence-electron chi connectivity index (χ3n) is 3.09. The number of rotatable bonds is 9. The molecule has 1 atom stereocenters. The fraction of sp³-hybridized carbons (Fsp3) is 0.867. The number of hydrogen-bond acceptors (Lipinski definition) is 0. The molecule has 0 aliphatic carbocycles. The van der Waals surface area contributed by atoms with Crippen molar-refractivity contribution in [2.45, 2.75) is 72.6 Å². The normalized spacial score (nSPS) is 13.9. The van der Waals surface area contributed by atoms with Crippen molar-refractivity contribution in [3.63, 3.8) is 0 Å². The monoisotopic (exact) mass is 210 g/mol. The smallest absolute Gasteiger partial charge is 0.0348 e. The minimum atomic E-state index is 0.874. The van der Waals surface area contributed by atoms with Gasteiger partial charge in [-0.15, -0.1) is 0 Å². The van der Waals surface area contributed by atoms with Crippen LogP contribution in [0.3, 0.4) is 0 Å². The minimum Gasteiger partial charge on any atom is -0.0885 e. The first kappa shape index (κ1) is 14.7. The topological polar surface area (TPSA) is 0 Å². The lowest BCUT2D eigenvalue weighted by molar-refractivity contribution is 0.520. The molecule has 0 radical (unpaired) electrons. The Morgan fingerprint density at radius 1 is 0.867 bits per heavy atom. The molecule has 0 heteroatoms. The summed E-state index contributed by atoms with van der Waals surface area (Å²) in [5.41, 5.74) is 0. The summed E-state index contributed by atoms with van der Waals surface area (Å²) in [6.45, 7) is 9.24. The highest BCUT2D eigenvalue weighted by Gasteiger charge is 1.95. The summed E-state index contributed by atoms with van der Waals surface area (Å²) in [5.74, 6) is 1.77. The minimum absolute atomic E-state index is 0.874. The van der Waals surface area contributed by atoms with E-state index >= 15 is 0 Å². The standard InChI is InChI=1S/C15H30/c1-5-15(4)13-11-9-7-6-8-10-12-14(2)3/h7,9,14-15H,5-6,8,10-13H2,1-4H3. The summed E-state index contributed by atoms with van der Waals surface area (Å²) < 4.78 is 0. The van der Waals surface area contributed by atoms with Crippen LogP contribution in [0, 0.1) is 11.8 Å². The van der Waals surface area contributed by atoms with Crippen LogP contribution in [0.25, 0.3) is 0 Å². The predicted octanol–water partition coefficient (Wildman–Crippen LogP) is 5.59. The van der Waals surface area contributed by atoms with Crippen LogP contribution < -0.4 is 0 Å². The molecular weight excluding hydrogens is 180 g/mol. The Labute approximate surface area is 97.2 Å². The largest absolute Gasteiger partial charge is 0.0885 e. The van der Waals surface area contributed by atoms with Gasteiger partial charge in [0.15, 0.2) is 0 Å². The fourth-order valence-electron chi connectivity index (χ4n) is 1.64. The summed E-state index contributed by atoms with van der Waals surface area (Å²) in [6.07, 6.45) is 14.2. The van der Waals surface area contributed by atoms with Gasteiger partial charge in [-0.3, -0.25) is 0 Å². The highest BCUT2D eigenvalue weighted by Crippen LogP contribution is 2.11. The average Bonchev–Trinajstić information content (AvgIpc) is 2.21. The Morgan fingerprint density at radius 2 is 1.53 bits per heavy atom. The first-order valence-electron chi connectivity index (χ1n) is 6.81. The van der Waals surface area contributed by atoms with Crippen molar-refractivity contribution < 1.29 is 0 Å². The van der Waals surface area contributed by atoms with Gasteiger partial charge in [0.1, 0.15) is 0 Å². The number of hydrogen-bond donors (Lipinski definition) is 0. The molecule has 0 saturated heterocycles. The molecule has 1 unspecified atom stereocenters. The van der Waals surface area contributed by atoms with E-state index in [2.05, 4.69) is 39.8 Å². The molecule has 0 bridgehead atoms. The van der Waals surface area contributed by atoms with Gasteiger partial charge in [0.05, 0.1) is 0 Å². The molecule has 0 saturated carbocycles. The van der Waals surface area contributed by atoms with E-state index in [-0.39, 0.29) is 0 Å². The third kappa shape index (κ3) is 11.7. The zero-order valence-electron chi connectivity index (χ0n) is 11.3. The second-order valence-corrected chi connectivity index (χ2v) is 5.24. The van der Waals surface area contributed by atoms with Crippen LogP contribution in [0.2, 0.25) is 0 Å². The van der Waals surface area contributed by atoms with Gasteiger partial charge < -0.3 is 0 Å². The molecule has 0 aromatic rings. The first-order chi connectivity index (χ1) is 7.16.